The number of carbonyl (C=O) groups excluding carboxylic acids is 1. The number of rotatable bonds is 6. The van der Waals surface area contributed by atoms with Crippen LogP contribution in [0.15, 0.2) is 42.5 Å². The quantitative estimate of drug-likeness (QED) is 0.678. The first-order chi connectivity index (χ1) is 13.3. The highest BCUT2D eigenvalue weighted by Crippen LogP contribution is 2.26. The zero-order valence-electron chi connectivity index (χ0n) is 16.3. The molecule has 28 heavy (non-hydrogen) atoms. The van der Waals surface area contributed by atoms with Gasteiger partial charge in [-0.15, -0.1) is 0 Å². The number of nitrogens with one attached hydrogen (secondary N) is 3. The van der Waals surface area contributed by atoms with Crippen LogP contribution in [0.5, 0.6) is 0 Å². The molecule has 2 amide bonds. The topological polar surface area (TPSA) is 87.3 Å². The fourth-order valence-corrected chi connectivity index (χ4v) is 4.12. The van der Waals surface area contributed by atoms with Crippen molar-refractivity contribution in [1.82, 2.24) is 5.32 Å². The smallest absolute Gasteiger partial charge is 0.319 e. The van der Waals surface area contributed by atoms with Crippen LogP contribution < -0.4 is 15.4 Å². The van der Waals surface area contributed by atoms with Crippen molar-refractivity contribution in [2.75, 3.05) is 16.3 Å². The number of sulfonamides is 1. The SMILES string of the molecule is CCC(NC(=O)Nc1ccc(NS(C)(=O)=O)cc1)c1ccc2c(c1)CCCC2. The maximum atomic E-state index is 12.4. The molecule has 0 fully saturated rings. The largest absolute Gasteiger partial charge is 0.331 e. The van der Waals surface area contributed by atoms with Gasteiger partial charge in [-0.3, -0.25) is 4.72 Å². The number of aryl methyl sites for hydroxylation is 2. The van der Waals surface area contributed by atoms with Gasteiger partial charge in [0, 0.05) is 11.4 Å². The van der Waals surface area contributed by atoms with Crippen LogP contribution in [0, 0.1) is 0 Å². The third-order valence-electron chi connectivity index (χ3n) is 4.93. The fraction of sp³-hybridized carbons (Fsp3) is 0.381. The second-order valence-electron chi connectivity index (χ2n) is 7.25. The highest BCUT2D eigenvalue weighted by atomic mass is 32.2. The van der Waals surface area contributed by atoms with Crippen LogP contribution in [-0.2, 0) is 22.9 Å². The second-order valence-corrected chi connectivity index (χ2v) is 8.99. The average molecular weight is 402 g/mol. The van der Waals surface area contributed by atoms with E-state index in [0.29, 0.717) is 11.4 Å². The Morgan fingerprint density at radius 3 is 2.29 bits per heavy atom. The van der Waals surface area contributed by atoms with Crippen LogP contribution in [0.25, 0.3) is 0 Å². The van der Waals surface area contributed by atoms with Gasteiger partial charge in [-0.25, -0.2) is 13.2 Å². The number of benzene rings is 2. The van der Waals surface area contributed by atoms with Gasteiger partial charge in [0.1, 0.15) is 0 Å². The molecule has 1 unspecified atom stereocenters. The number of fused-ring (bicyclic) bond motifs is 1. The summed E-state index contributed by atoms with van der Waals surface area (Å²) in [5.41, 5.74) is 5.01. The molecule has 3 rings (SSSR count). The first-order valence-corrected chi connectivity index (χ1v) is 11.5. The van der Waals surface area contributed by atoms with Gasteiger partial charge < -0.3 is 10.6 Å². The van der Waals surface area contributed by atoms with Crippen molar-refractivity contribution in [3.05, 3.63) is 59.2 Å². The van der Waals surface area contributed by atoms with Crippen LogP contribution in [-0.4, -0.2) is 20.7 Å². The van der Waals surface area contributed by atoms with Crippen molar-refractivity contribution in [3.8, 4) is 0 Å². The molecule has 3 N–H and O–H groups in total. The predicted molar refractivity (Wildman–Crippen MR) is 113 cm³/mol. The molecule has 1 atom stereocenters. The molecule has 2 aromatic rings. The van der Waals surface area contributed by atoms with Gasteiger partial charge in [0.05, 0.1) is 12.3 Å². The summed E-state index contributed by atoms with van der Waals surface area (Å²) >= 11 is 0. The minimum absolute atomic E-state index is 0.0570. The van der Waals surface area contributed by atoms with E-state index in [2.05, 4.69) is 40.5 Å². The van der Waals surface area contributed by atoms with Crippen LogP contribution in [0.2, 0.25) is 0 Å². The maximum Gasteiger partial charge on any atom is 0.319 e. The van der Waals surface area contributed by atoms with Crippen molar-refractivity contribution in [2.45, 2.75) is 45.1 Å². The molecule has 1 aliphatic rings. The van der Waals surface area contributed by atoms with E-state index in [1.165, 1.54) is 24.0 Å². The van der Waals surface area contributed by atoms with Gasteiger partial charge in [0.2, 0.25) is 10.0 Å². The van der Waals surface area contributed by atoms with Crippen molar-refractivity contribution in [3.63, 3.8) is 0 Å². The summed E-state index contributed by atoms with van der Waals surface area (Å²) in [6.07, 6.45) is 6.62. The van der Waals surface area contributed by atoms with Crippen molar-refractivity contribution in [1.29, 1.82) is 0 Å². The van der Waals surface area contributed by atoms with Gasteiger partial charge in [-0.1, -0.05) is 25.1 Å². The Bertz CT molecular complexity index is 940. The molecule has 0 bridgehead atoms. The molecule has 0 heterocycles. The molecule has 0 aliphatic heterocycles. The first kappa shape index (κ1) is 20.2. The molecular weight excluding hydrogens is 374 g/mol. The van der Waals surface area contributed by atoms with E-state index >= 15 is 0 Å². The van der Waals surface area contributed by atoms with Gasteiger partial charge in [0.15, 0.2) is 0 Å². The monoisotopic (exact) mass is 401 g/mol. The highest BCUT2D eigenvalue weighted by Gasteiger charge is 2.16. The summed E-state index contributed by atoms with van der Waals surface area (Å²) in [6, 6.07) is 12.7. The van der Waals surface area contributed by atoms with E-state index in [1.54, 1.807) is 24.3 Å². The Hall–Kier alpha value is -2.54. The summed E-state index contributed by atoms with van der Waals surface area (Å²) in [5, 5.41) is 5.83. The Morgan fingerprint density at radius 2 is 1.64 bits per heavy atom. The Balaban J connectivity index is 1.62. The van der Waals surface area contributed by atoms with E-state index in [0.717, 1.165) is 31.1 Å². The molecule has 6 nitrogen and oxygen atoms in total. The minimum Gasteiger partial charge on any atom is -0.331 e. The van der Waals surface area contributed by atoms with Crippen molar-refractivity contribution < 1.29 is 13.2 Å². The van der Waals surface area contributed by atoms with Crippen molar-refractivity contribution >= 4 is 27.4 Å². The molecule has 150 valence electrons. The molecule has 0 saturated heterocycles. The zero-order valence-corrected chi connectivity index (χ0v) is 17.1. The summed E-state index contributed by atoms with van der Waals surface area (Å²) in [4.78, 5) is 12.4. The lowest BCUT2D eigenvalue weighted by molar-refractivity contribution is 0.248. The van der Waals surface area contributed by atoms with E-state index in [9.17, 15) is 13.2 Å². The lowest BCUT2D eigenvalue weighted by atomic mass is 9.89. The van der Waals surface area contributed by atoms with Crippen LogP contribution in [0.4, 0.5) is 16.2 Å². The van der Waals surface area contributed by atoms with Crippen LogP contribution in [0.3, 0.4) is 0 Å². The summed E-state index contributed by atoms with van der Waals surface area (Å²) in [6.45, 7) is 2.05. The standard InChI is InChI=1S/C21H27N3O3S/c1-3-20(17-9-8-15-6-4-5-7-16(15)14-17)23-21(25)22-18-10-12-19(13-11-18)24-28(2,26)27/h8-14,20,24H,3-7H2,1-2H3,(H2,22,23,25). The Kier molecular flexibility index (Phi) is 6.24. The molecule has 0 radical (unpaired) electrons. The van der Waals surface area contributed by atoms with Gasteiger partial charge in [-0.05, 0) is 73.1 Å². The lowest BCUT2D eigenvalue weighted by Gasteiger charge is -2.22. The first-order valence-electron chi connectivity index (χ1n) is 9.61. The van der Waals surface area contributed by atoms with Crippen LogP contribution in [0.1, 0.15) is 48.9 Å². The van der Waals surface area contributed by atoms with Crippen molar-refractivity contribution in [2.24, 2.45) is 0 Å². The van der Waals surface area contributed by atoms with Gasteiger partial charge >= 0.3 is 6.03 Å². The van der Waals surface area contributed by atoms with Gasteiger partial charge in [-0.2, -0.15) is 0 Å². The minimum atomic E-state index is -3.32. The summed E-state index contributed by atoms with van der Waals surface area (Å²) in [7, 11) is -3.32. The van der Waals surface area contributed by atoms with E-state index in [-0.39, 0.29) is 12.1 Å². The number of hydrogen-bond acceptors (Lipinski definition) is 3. The van der Waals surface area contributed by atoms with E-state index in [4.69, 9.17) is 0 Å². The summed E-state index contributed by atoms with van der Waals surface area (Å²) in [5.74, 6) is 0. The molecule has 1 aliphatic carbocycles. The molecular formula is C21H27N3O3S. The van der Waals surface area contributed by atoms with Crippen LogP contribution >= 0.6 is 0 Å². The third kappa shape index (κ3) is 5.48. The Labute approximate surface area is 166 Å². The number of hydrogen-bond donors (Lipinski definition) is 3. The van der Waals surface area contributed by atoms with Gasteiger partial charge in [0.25, 0.3) is 0 Å². The molecule has 7 heteroatoms. The zero-order chi connectivity index (χ0) is 20.1. The Morgan fingerprint density at radius 1 is 1.00 bits per heavy atom. The normalized spacial score (nSPS) is 14.6. The number of carbonyl (C=O) groups is 1. The highest BCUT2D eigenvalue weighted by molar-refractivity contribution is 7.92. The molecule has 0 saturated carbocycles. The lowest BCUT2D eigenvalue weighted by Crippen LogP contribution is -2.32. The molecule has 0 aromatic heterocycles. The number of anilines is 2. The van der Waals surface area contributed by atoms with E-state index in [1.807, 2.05) is 0 Å². The fourth-order valence-electron chi connectivity index (χ4n) is 3.55. The summed E-state index contributed by atoms with van der Waals surface area (Å²) < 4.78 is 24.9. The molecule has 2 aromatic carbocycles. The number of urea groups is 1. The predicted octanol–water partition coefficient (Wildman–Crippen LogP) is 4.21. The van der Waals surface area contributed by atoms with E-state index < -0.39 is 10.0 Å². The number of amides is 2. The third-order valence-corrected chi connectivity index (χ3v) is 5.54. The molecule has 0 spiro atoms. The average Bonchev–Trinajstić information content (AvgIpc) is 2.66. The second kappa shape index (κ2) is 8.65. The maximum absolute atomic E-state index is 12.4.